The highest BCUT2D eigenvalue weighted by Gasteiger charge is 2.22. The van der Waals surface area contributed by atoms with Crippen LogP contribution in [0.3, 0.4) is 0 Å². The van der Waals surface area contributed by atoms with Crippen molar-refractivity contribution in [3.63, 3.8) is 0 Å². The van der Waals surface area contributed by atoms with E-state index in [0.29, 0.717) is 12.5 Å². The Kier molecular flexibility index (Phi) is 4.86. The molecule has 0 saturated carbocycles. The van der Waals surface area contributed by atoms with Gasteiger partial charge in [0.15, 0.2) is 5.96 Å². The zero-order chi connectivity index (χ0) is 15.5. The number of likely N-dealkylation sites (tertiary alicyclic amines) is 1. The van der Waals surface area contributed by atoms with E-state index in [2.05, 4.69) is 30.7 Å². The lowest BCUT2D eigenvalue weighted by Crippen LogP contribution is -2.43. The Morgan fingerprint density at radius 3 is 2.67 bits per heavy atom. The summed E-state index contributed by atoms with van der Waals surface area (Å²) in [6.07, 6.45) is 2.34. The van der Waals surface area contributed by atoms with Crippen LogP contribution in [-0.4, -0.2) is 30.5 Å². The molecular formula is C17H26FN3. The van der Waals surface area contributed by atoms with Gasteiger partial charge in [0.05, 0.1) is 6.54 Å². The van der Waals surface area contributed by atoms with Crippen LogP contribution in [0.1, 0.15) is 39.2 Å². The van der Waals surface area contributed by atoms with E-state index in [1.54, 1.807) is 12.1 Å². The van der Waals surface area contributed by atoms with Crippen molar-refractivity contribution in [2.45, 2.75) is 39.0 Å². The summed E-state index contributed by atoms with van der Waals surface area (Å²) in [5.74, 6) is 1.19. The summed E-state index contributed by atoms with van der Waals surface area (Å²) < 4.78 is 13.4. The van der Waals surface area contributed by atoms with Crippen LogP contribution in [0.5, 0.6) is 0 Å². The van der Waals surface area contributed by atoms with Crippen LogP contribution in [0.2, 0.25) is 0 Å². The molecule has 2 N–H and O–H groups in total. The van der Waals surface area contributed by atoms with Gasteiger partial charge in [0.2, 0.25) is 0 Å². The lowest BCUT2D eigenvalue weighted by molar-refractivity contribution is 0.277. The lowest BCUT2D eigenvalue weighted by Gasteiger charge is -2.32. The molecule has 0 aliphatic carbocycles. The summed E-state index contributed by atoms with van der Waals surface area (Å²) in [7, 11) is 0. The molecule has 1 aliphatic heterocycles. The van der Waals surface area contributed by atoms with E-state index in [1.165, 1.54) is 18.9 Å². The van der Waals surface area contributed by atoms with Crippen molar-refractivity contribution in [1.82, 2.24) is 4.90 Å². The van der Waals surface area contributed by atoms with E-state index < -0.39 is 0 Å². The highest BCUT2D eigenvalue weighted by Crippen LogP contribution is 2.24. The van der Waals surface area contributed by atoms with Crippen LogP contribution in [0.25, 0.3) is 0 Å². The minimum atomic E-state index is -0.226. The number of halogens is 1. The number of nitrogens with zero attached hydrogens (tertiary/aromatic N) is 2. The average Bonchev–Trinajstić information content (AvgIpc) is 2.45. The Morgan fingerprint density at radius 1 is 1.38 bits per heavy atom. The third-order valence-corrected chi connectivity index (χ3v) is 4.35. The van der Waals surface area contributed by atoms with Crippen molar-refractivity contribution in [1.29, 1.82) is 0 Å². The number of aliphatic imine (C=N–C) groups is 1. The number of nitrogens with two attached hydrogens (primary N) is 1. The summed E-state index contributed by atoms with van der Waals surface area (Å²) in [5.41, 5.74) is 6.83. The van der Waals surface area contributed by atoms with Crippen molar-refractivity contribution in [2.24, 2.45) is 16.6 Å². The molecule has 1 aromatic rings. The average molecular weight is 291 g/mol. The van der Waals surface area contributed by atoms with Crippen LogP contribution in [0, 0.1) is 11.7 Å². The first kappa shape index (κ1) is 15.8. The molecule has 0 unspecified atom stereocenters. The Balaban J connectivity index is 2.01. The first-order valence-corrected chi connectivity index (χ1v) is 7.69. The van der Waals surface area contributed by atoms with Crippen molar-refractivity contribution in [3.8, 4) is 0 Å². The van der Waals surface area contributed by atoms with E-state index >= 15 is 0 Å². The standard InChI is InChI=1S/C17H26FN3/c1-13-7-9-21(10-8-13)16(19)20-12-17(2,3)14-5-4-6-15(18)11-14/h4-6,11,13H,7-10,12H2,1-3H3,(H2,19,20). The number of hydrogen-bond donors (Lipinski definition) is 1. The van der Waals surface area contributed by atoms with Gasteiger partial charge in [0.1, 0.15) is 5.82 Å². The Morgan fingerprint density at radius 2 is 2.05 bits per heavy atom. The van der Waals surface area contributed by atoms with E-state index in [-0.39, 0.29) is 11.2 Å². The van der Waals surface area contributed by atoms with Gasteiger partial charge in [0, 0.05) is 18.5 Å². The second-order valence-corrected chi connectivity index (χ2v) is 6.74. The molecule has 3 nitrogen and oxygen atoms in total. The number of benzene rings is 1. The van der Waals surface area contributed by atoms with Crippen LogP contribution in [-0.2, 0) is 5.41 Å². The molecule has 21 heavy (non-hydrogen) atoms. The molecule has 1 aliphatic rings. The van der Waals surface area contributed by atoms with Gasteiger partial charge in [-0.25, -0.2) is 4.39 Å². The van der Waals surface area contributed by atoms with Crippen molar-refractivity contribution in [3.05, 3.63) is 35.6 Å². The number of hydrogen-bond acceptors (Lipinski definition) is 1. The topological polar surface area (TPSA) is 41.6 Å². The van der Waals surface area contributed by atoms with E-state index in [9.17, 15) is 4.39 Å². The summed E-state index contributed by atoms with van der Waals surface area (Å²) in [4.78, 5) is 6.70. The predicted molar refractivity (Wildman–Crippen MR) is 85.9 cm³/mol. The molecule has 0 amide bonds. The van der Waals surface area contributed by atoms with Crippen molar-refractivity contribution >= 4 is 5.96 Å². The third-order valence-electron chi connectivity index (χ3n) is 4.35. The van der Waals surface area contributed by atoms with Gasteiger partial charge >= 0.3 is 0 Å². The molecule has 1 fully saturated rings. The molecule has 1 saturated heterocycles. The second-order valence-electron chi connectivity index (χ2n) is 6.74. The Labute approximate surface area is 127 Å². The number of guanidine groups is 1. The van der Waals surface area contributed by atoms with Gasteiger partial charge in [-0.05, 0) is 36.5 Å². The minimum absolute atomic E-state index is 0.206. The van der Waals surface area contributed by atoms with Gasteiger partial charge in [0.25, 0.3) is 0 Å². The first-order valence-electron chi connectivity index (χ1n) is 7.69. The summed E-state index contributed by atoms with van der Waals surface area (Å²) in [5, 5.41) is 0. The van der Waals surface area contributed by atoms with Crippen LogP contribution >= 0.6 is 0 Å². The molecule has 1 aromatic carbocycles. The zero-order valence-electron chi connectivity index (χ0n) is 13.3. The normalized spacial score (nSPS) is 18.1. The molecular weight excluding hydrogens is 265 g/mol. The largest absolute Gasteiger partial charge is 0.370 e. The number of rotatable bonds is 3. The predicted octanol–water partition coefficient (Wildman–Crippen LogP) is 3.15. The van der Waals surface area contributed by atoms with Crippen LogP contribution in [0.4, 0.5) is 4.39 Å². The Bertz CT molecular complexity index is 503. The molecule has 0 radical (unpaired) electrons. The minimum Gasteiger partial charge on any atom is -0.370 e. The maximum atomic E-state index is 13.4. The maximum absolute atomic E-state index is 13.4. The molecule has 116 valence electrons. The number of piperidine rings is 1. The lowest BCUT2D eigenvalue weighted by atomic mass is 9.85. The fourth-order valence-corrected chi connectivity index (χ4v) is 2.62. The molecule has 0 atom stereocenters. The first-order chi connectivity index (χ1) is 9.88. The fourth-order valence-electron chi connectivity index (χ4n) is 2.62. The van der Waals surface area contributed by atoms with E-state index in [1.807, 2.05) is 6.07 Å². The second kappa shape index (κ2) is 6.46. The maximum Gasteiger partial charge on any atom is 0.191 e. The molecule has 0 spiro atoms. The Hall–Kier alpha value is -1.58. The van der Waals surface area contributed by atoms with Crippen LogP contribution < -0.4 is 5.73 Å². The summed E-state index contributed by atoms with van der Waals surface area (Å²) >= 11 is 0. The van der Waals surface area contributed by atoms with Gasteiger partial charge in [-0.3, -0.25) is 4.99 Å². The smallest absolute Gasteiger partial charge is 0.191 e. The molecule has 2 rings (SSSR count). The van der Waals surface area contributed by atoms with Crippen molar-refractivity contribution in [2.75, 3.05) is 19.6 Å². The van der Waals surface area contributed by atoms with Gasteiger partial charge in [-0.15, -0.1) is 0 Å². The van der Waals surface area contributed by atoms with Gasteiger partial charge in [-0.2, -0.15) is 0 Å². The molecule has 0 bridgehead atoms. The highest BCUT2D eigenvalue weighted by molar-refractivity contribution is 5.78. The highest BCUT2D eigenvalue weighted by atomic mass is 19.1. The monoisotopic (exact) mass is 291 g/mol. The van der Waals surface area contributed by atoms with Gasteiger partial charge in [-0.1, -0.05) is 32.9 Å². The van der Waals surface area contributed by atoms with Crippen molar-refractivity contribution < 1.29 is 4.39 Å². The molecule has 4 heteroatoms. The third kappa shape index (κ3) is 4.19. The van der Waals surface area contributed by atoms with Crippen LogP contribution in [0.15, 0.2) is 29.3 Å². The molecule has 1 heterocycles. The van der Waals surface area contributed by atoms with E-state index in [0.717, 1.165) is 24.6 Å². The fraction of sp³-hybridized carbons (Fsp3) is 0.588. The van der Waals surface area contributed by atoms with Gasteiger partial charge < -0.3 is 10.6 Å². The molecule has 0 aromatic heterocycles. The SMILES string of the molecule is CC1CCN(C(N)=NCC(C)(C)c2cccc(F)c2)CC1. The summed E-state index contributed by atoms with van der Waals surface area (Å²) in [6.45, 7) is 8.94. The quantitative estimate of drug-likeness (QED) is 0.686. The zero-order valence-corrected chi connectivity index (χ0v) is 13.3. The summed E-state index contributed by atoms with van der Waals surface area (Å²) in [6, 6.07) is 6.73. The van der Waals surface area contributed by atoms with E-state index in [4.69, 9.17) is 5.73 Å².